The Morgan fingerprint density at radius 1 is 1.03 bits per heavy atom. The molecule has 0 aromatic heterocycles. The molecule has 0 aliphatic carbocycles. The summed E-state index contributed by atoms with van der Waals surface area (Å²) in [5, 5.41) is 8.72. The summed E-state index contributed by atoms with van der Waals surface area (Å²) in [6.07, 6.45) is -0.227. The molecule has 0 radical (unpaired) electrons. The summed E-state index contributed by atoms with van der Waals surface area (Å²) >= 11 is 0. The van der Waals surface area contributed by atoms with Crippen molar-refractivity contribution in [3.8, 4) is 0 Å². The van der Waals surface area contributed by atoms with Crippen LogP contribution in [0.15, 0.2) is 40.4 Å². The van der Waals surface area contributed by atoms with Gasteiger partial charge in [0, 0.05) is 72.2 Å². The number of nitrogens with zero attached hydrogens (tertiary/aromatic N) is 7. The molecule has 4 amide bonds. The maximum atomic E-state index is 14.4. The number of amidine groups is 1. The fourth-order valence-corrected chi connectivity index (χ4v) is 9.81. The van der Waals surface area contributed by atoms with Gasteiger partial charge in [-0.3, -0.25) is 28.7 Å². The summed E-state index contributed by atoms with van der Waals surface area (Å²) in [5.74, 6) is -2.94. The standard InChI is InChI=1S/C44H76N9O9P/c1-13-31(6)40(52(10)44(57)39(29(2)3)49-42(30(4)5)51(8)9)35(60-11)27-38(55)53-23-17-20-34(53)41(61-12)32(7)43(56)48-37(26-33-18-15-14-16-19-33)63(58,59)28-36(54)46-21-24-62-25-22-47-50-45/h14-16,18-19,29-32,34-35,37,39-41H,13,17,20-28H2,1-12H3,(H,46,54)(H,48,56)(H,58,59)/t31-,32+,34-,35+,37+,39-,40-,41+/m0/s1. The first kappa shape index (κ1) is 55.1. The molecule has 1 aromatic rings. The van der Waals surface area contributed by atoms with Gasteiger partial charge >= 0.3 is 0 Å². The third-order valence-corrected chi connectivity index (χ3v) is 13.8. The Hall–Kier alpha value is -4.05. The molecule has 1 fully saturated rings. The van der Waals surface area contributed by atoms with Crippen LogP contribution in [-0.2, 0) is 44.4 Å². The molecule has 1 aromatic carbocycles. The molecule has 18 nitrogen and oxygen atoms in total. The highest BCUT2D eigenvalue weighted by atomic mass is 31.2. The molecule has 0 saturated carbocycles. The molecule has 1 heterocycles. The smallest absolute Gasteiger partial charge is 0.247 e. The predicted octanol–water partition coefficient (Wildman–Crippen LogP) is 4.95. The number of likely N-dealkylation sites (tertiary alicyclic amines) is 1. The van der Waals surface area contributed by atoms with Crippen LogP contribution in [0.2, 0.25) is 0 Å². The number of azide groups is 1. The summed E-state index contributed by atoms with van der Waals surface area (Å²) in [7, 11) is 4.28. The molecule has 9 atom stereocenters. The van der Waals surface area contributed by atoms with Crippen LogP contribution < -0.4 is 10.6 Å². The Kier molecular flexibility index (Phi) is 23.9. The van der Waals surface area contributed by atoms with Crippen molar-refractivity contribution in [1.82, 2.24) is 25.3 Å². The first-order chi connectivity index (χ1) is 29.7. The van der Waals surface area contributed by atoms with E-state index in [0.29, 0.717) is 24.9 Å². The van der Waals surface area contributed by atoms with Gasteiger partial charge in [0.2, 0.25) is 31.0 Å². The van der Waals surface area contributed by atoms with Crippen molar-refractivity contribution in [1.29, 1.82) is 0 Å². The van der Waals surface area contributed by atoms with E-state index in [1.54, 1.807) is 55.1 Å². The largest absolute Gasteiger partial charge is 0.379 e. The van der Waals surface area contributed by atoms with Crippen molar-refractivity contribution in [2.45, 2.75) is 117 Å². The van der Waals surface area contributed by atoms with Crippen molar-refractivity contribution in [2.75, 3.05) is 74.4 Å². The van der Waals surface area contributed by atoms with Crippen molar-refractivity contribution in [3.63, 3.8) is 0 Å². The Morgan fingerprint density at radius 2 is 1.70 bits per heavy atom. The van der Waals surface area contributed by atoms with E-state index >= 15 is 0 Å². The molecule has 1 saturated heterocycles. The second kappa shape index (κ2) is 27.3. The SMILES string of the molecule is CC[C@H](C)[C@@H]([C@@H](CC(=O)N1CCC[C@H]1[C@H](OC)[C@@H](C)C(=O)N[C@@H](Cc1ccccc1)P(=O)(O)CC(=O)NCCOCCN=[N+]=[N-])OC)N(C)C(=O)[C@@H](N=C(C(C)C)N(C)C)C(C)C. The van der Waals surface area contributed by atoms with E-state index in [-0.39, 0.29) is 68.7 Å². The van der Waals surface area contributed by atoms with Crippen LogP contribution in [0.25, 0.3) is 10.4 Å². The molecule has 1 aliphatic rings. The van der Waals surface area contributed by atoms with Crippen LogP contribution in [0.4, 0.5) is 0 Å². The number of carbonyl (C=O) groups is 4. The number of ether oxygens (including phenoxy) is 3. The van der Waals surface area contributed by atoms with Gasteiger partial charge in [0.25, 0.3) is 0 Å². The average molecular weight is 906 g/mol. The number of likely N-dealkylation sites (N-methyl/N-ethyl adjacent to an activating group) is 1. The van der Waals surface area contributed by atoms with E-state index in [1.807, 2.05) is 66.6 Å². The highest BCUT2D eigenvalue weighted by Gasteiger charge is 2.44. The van der Waals surface area contributed by atoms with E-state index < -0.39 is 67.4 Å². The third kappa shape index (κ3) is 16.8. The lowest BCUT2D eigenvalue weighted by molar-refractivity contribution is -0.146. The number of benzene rings is 1. The molecule has 0 spiro atoms. The second-order valence-corrected chi connectivity index (χ2v) is 19.8. The summed E-state index contributed by atoms with van der Waals surface area (Å²) in [4.78, 5) is 80.0. The lowest BCUT2D eigenvalue weighted by atomic mass is 9.89. The van der Waals surface area contributed by atoms with Gasteiger partial charge in [0.05, 0.1) is 49.8 Å². The Labute approximate surface area is 375 Å². The summed E-state index contributed by atoms with van der Waals surface area (Å²) in [6.45, 7) is 14.7. The Morgan fingerprint density at radius 3 is 2.25 bits per heavy atom. The molecule has 3 N–H and O–H groups in total. The number of rotatable bonds is 27. The molecule has 356 valence electrons. The van der Waals surface area contributed by atoms with Gasteiger partial charge in [0.1, 0.15) is 23.8 Å². The monoisotopic (exact) mass is 906 g/mol. The second-order valence-electron chi connectivity index (χ2n) is 17.4. The highest BCUT2D eigenvalue weighted by molar-refractivity contribution is 7.59. The summed E-state index contributed by atoms with van der Waals surface area (Å²) < 4.78 is 31.2. The first-order valence-corrected chi connectivity index (χ1v) is 24.0. The summed E-state index contributed by atoms with van der Waals surface area (Å²) in [6, 6.07) is 7.34. The van der Waals surface area contributed by atoms with E-state index in [9.17, 15) is 28.6 Å². The number of carbonyl (C=O) groups excluding carboxylic acids is 4. The van der Waals surface area contributed by atoms with E-state index in [4.69, 9.17) is 24.7 Å². The van der Waals surface area contributed by atoms with Crippen LogP contribution in [0.3, 0.4) is 0 Å². The minimum Gasteiger partial charge on any atom is -0.379 e. The molecular formula is C44H76N9O9P. The van der Waals surface area contributed by atoms with Crippen LogP contribution in [0.1, 0.15) is 79.7 Å². The van der Waals surface area contributed by atoms with E-state index in [2.05, 4.69) is 20.7 Å². The van der Waals surface area contributed by atoms with Gasteiger partial charge < -0.3 is 44.4 Å². The topological polar surface area (TPSA) is 228 Å². The zero-order valence-electron chi connectivity index (χ0n) is 39.7. The normalized spacial score (nSPS) is 18.6. The van der Waals surface area contributed by atoms with Crippen LogP contribution >= 0.6 is 7.37 Å². The van der Waals surface area contributed by atoms with Gasteiger partial charge in [-0.05, 0) is 35.8 Å². The number of amides is 4. The molecule has 2 rings (SSSR count). The maximum Gasteiger partial charge on any atom is 0.247 e. The van der Waals surface area contributed by atoms with Crippen molar-refractivity contribution >= 4 is 36.8 Å². The van der Waals surface area contributed by atoms with Crippen molar-refractivity contribution in [3.05, 3.63) is 46.3 Å². The quantitative estimate of drug-likeness (QED) is 0.0205. The molecular weight excluding hydrogens is 830 g/mol. The lowest BCUT2D eigenvalue weighted by Gasteiger charge is -2.40. The number of methoxy groups -OCH3 is 2. The summed E-state index contributed by atoms with van der Waals surface area (Å²) in [5.41, 5.74) is 9.07. The minimum atomic E-state index is -4.36. The van der Waals surface area contributed by atoms with Gasteiger partial charge in [-0.25, -0.2) is 0 Å². The maximum absolute atomic E-state index is 14.4. The van der Waals surface area contributed by atoms with Crippen LogP contribution in [0, 0.1) is 23.7 Å². The van der Waals surface area contributed by atoms with Gasteiger partial charge in [-0.1, -0.05) is 90.3 Å². The fourth-order valence-electron chi connectivity index (χ4n) is 8.24. The van der Waals surface area contributed by atoms with E-state index in [0.717, 1.165) is 12.3 Å². The fraction of sp³-hybridized carbons (Fsp3) is 0.750. The van der Waals surface area contributed by atoms with Crippen molar-refractivity contribution in [2.24, 2.45) is 33.8 Å². The van der Waals surface area contributed by atoms with Crippen LogP contribution in [-0.4, -0.2) is 160 Å². The Bertz CT molecular complexity index is 1720. The lowest BCUT2D eigenvalue weighted by Crippen LogP contribution is -2.55. The number of nitrogens with one attached hydrogen (secondary N) is 2. The highest BCUT2D eigenvalue weighted by Crippen LogP contribution is 2.46. The van der Waals surface area contributed by atoms with E-state index in [1.165, 1.54) is 7.11 Å². The Balaban J connectivity index is 2.31. The number of hydrogen-bond donors (Lipinski definition) is 3. The molecule has 0 bridgehead atoms. The molecule has 63 heavy (non-hydrogen) atoms. The van der Waals surface area contributed by atoms with Gasteiger partial charge in [0.15, 0.2) is 0 Å². The molecule has 19 heteroatoms. The van der Waals surface area contributed by atoms with Gasteiger partial charge in [-0.2, -0.15) is 0 Å². The van der Waals surface area contributed by atoms with Crippen molar-refractivity contribution < 1.29 is 42.8 Å². The van der Waals surface area contributed by atoms with Crippen LogP contribution in [0.5, 0.6) is 0 Å². The average Bonchev–Trinajstić information content (AvgIpc) is 3.72. The predicted molar refractivity (Wildman–Crippen MR) is 245 cm³/mol. The molecule has 1 aliphatic heterocycles. The zero-order valence-corrected chi connectivity index (χ0v) is 40.6. The molecule has 1 unspecified atom stereocenters. The third-order valence-electron chi connectivity index (χ3n) is 11.8. The minimum absolute atomic E-state index is 0.0138. The zero-order chi connectivity index (χ0) is 47.4. The first-order valence-electron chi connectivity index (χ1n) is 22.1. The van der Waals surface area contributed by atoms with Gasteiger partial charge in [-0.15, -0.1) is 0 Å². The number of aliphatic imine (C=N–C) groups is 1. The number of hydrogen-bond acceptors (Lipinski definition) is 10.